The van der Waals surface area contributed by atoms with E-state index in [2.05, 4.69) is 42.0 Å². The van der Waals surface area contributed by atoms with Crippen LogP contribution in [0.3, 0.4) is 0 Å². The fourth-order valence-corrected chi connectivity index (χ4v) is 5.57. The van der Waals surface area contributed by atoms with E-state index in [1.165, 1.54) is 6.42 Å². The highest BCUT2D eigenvalue weighted by molar-refractivity contribution is 9.10. The first-order valence-corrected chi connectivity index (χ1v) is 14.5. The van der Waals surface area contributed by atoms with Gasteiger partial charge in [-0.15, -0.1) is 0 Å². The van der Waals surface area contributed by atoms with Crippen molar-refractivity contribution in [3.8, 4) is 5.75 Å². The van der Waals surface area contributed by atoms with E-state index in [9.17, 15) is 9.59 Å². The molecule has 2 aromatic carbocycles. The van der Waals surface area contributed by atoms with E-state index in [-0.39, 0.29) is 36.4 Å². The zero-order valence-corrected chi connectivity index (χ0v) is 25.2. The fourth-order valence-electron chi connectivity index (χ4n) is 4.60. The lowest BCUT2D eigenvalue weighted by Gasteiger charge is -2.33. The van der Waals surface area contributed by atoms with Gasteiger partial charge in [0.15, 0.2) is 6.61 Å². The number of carbonyl (C=O) groups is 2. The Bertz CT molecular complexity index is 1100. The molecule has 2 aromatic rings. The van der Waals surface area contributed by atoms with Gasteiger partial charge >= 0.3 is 0 Å². The minimum atomic E-state index is -0.642. The highest BCUT2D eigenvalue weighted by Gasteiger charge is 2.31. The predicted octanol–water partition coefficient (Wildman–Crippen LogP) is 7.69. The second kappa shape index (κ2) is 13.3. The minimum absolute atomic E-state index is 0.00837. The van der Waals surface area contributed by atoms with Crippen molar-refractivity contribution >= 4 is 50.9 Å². The number of nitrogens with one attached hydrogen (secondary N) is 1. The van der Waals surface area contributed by atoms with Crippen LogP contribution in [0.1, 0.15) is 77.3 Å². The fraction of sp³-hybridized carbons (Fsp3) is 0.517. The van der Waals surface area contributed by atoms with Crippen LogP contribution in [0.25, 0.3) is 0 Å². The lowest BCUT2D eigenvalue weighted by molar-refractivity contribution is -0.143. The molecule has 0 heterocycles. The summed E-state index contributed by atoms with van der Waals surface area (Å²) in [5.74, 6) is 0.150. The van der Waals surface area contributed by atoms with Gasteiger partial charge in [-0.2, -0.15) is 0 Å². The van der Waals surface area contributed by atoms with Crippen LogP contribution in [-0.2, 0) is 21.5 Å². The van der Waals surface area contributed by atoms with Crippen LogP contribution in [0.2, 0.25) is 10.0 Å². The Morgan fingerprint density at radius 1 is 1.11 bits per heavy atom. The second-order valence-corrected chi connectivity index (χ2v) is 12.4. The smallest absolute Gasteiger partial charge is 0.261 e. The third-order valence-electron chi connectivity index (χ3n) is 6.84. The SMILES string of the molecule is CC[C@H](C(=O)NC1CCCCC1)N(Cc1ccc(Cl)cc1Cl)C(=O)COc1ccc(C(C)(C)C)cc1Br. The van der Waals surface area contributed by atoms with Crippen LogP contribution in [-0.4, -0.2) is 35.4 Å². The third kappa shape index (κ3) is 8.36. The first-order chi connectivity index (χ1) is 17.5. The van der Waals surface area contributed by atoms with E-state index in [4.69, 9.17) is 27.9 Å². The average molecular weight is 612 g/mol. The first-order valence-electron chi connectivity index (χ1n) is 13.0. The van der Waals surface area contributed by atoms with Crippen molar-refractivity contribution in [3.05, 3.63) is 62.0 Å². The zero-order chi connectivity index (χ0) is 27.2. The highest BCUT2D eigenvalue weighted by Crippen LogP contribution is 2.32. The molecule has 1 saturated carbocycles. The van der Waals surface area contributed by atoms with Crippen LogP contribution in [0, 0.1) is 0 Å². The molecular formula is C29H37BrCl2N2O3. The number of halogens is 3. The molecule has 5 nitrogen and oxygen atoms in total. The van der Waals surface area contributed by atoms with E-state index in [0.717, 1.165) is 41.3 Å². The average Bonchev–Trinajstić information content (AvgIpc) is 2.84. The largest absolute Gasteiger partial charge is 0.483 e. The molecular weight excluding hydrogens is 575 g/mol. The predicted molar refractivity (Wildman–Crippen MR) is 154 cm³/mol. The van der Waals surface area contributed by atoms with Crippen LogP contribution in [0.15, 0.2) is 40.9 Å². The Morgan fingerprint density at radius 3 is 2.41 bits per heavy atom. The van der Waals surface area contributed by atoms with Gasteiger partial charge in [-0.25, -0.2) is 0 Å². The topological polar surface area (TPSA) is 58.6 Å². The van der Waals surface area contributed by atoms with E-state index < -0.39 is 6.04 Å². The molecule has 3 rings (SSSR count). The molecule has 0 spiro atoms. The quantitative estimate of drug-likeness (QED) is 0.316. The molecule has 0 unspecified atom stereocenters. The molecule has 2 amide bonds. The van der Waals surface area contributed by atoms with Gasteiger partial charge in [-0.1, -0.05) is 82.3 Å². The number of ether oxygens (including phenoxy) is 1. The van der Waals surface area contributed by atoms with Gasteiger partial charge in [0.05, 0.1) is 4.47 Å². The number of carbonyl (C=O) groups excluding carboxylic acids is 2. The van der Waals surface area contributed by atoms with Crippen molar-refractivity contribution in [2.24, 2.45) is 0 Å². The molecule has 1 aliphatic rings. The molecule has 0 aliphatic heterocycles. The number of hydrogen-bond acceptors (Lipinski definition) is 3. The van der Waals surface area contributed by atoms with Gasteiger partial charge < -0.3 is 15.0 Å². The number of nitrogens with zero attached hydrogens (tertiary/aromatic N) is 1. The van der Waals surface area contributed by atoms with Crippen molar-refractivity contribution < 1.29 is 14.3 Å². The summed E-state index contributed by atoms with van der Waals surface area (Å²) >= 11 is 16.1. The van der Waals surface area contributed by atoms with Crippen molar-refractivity contribution in [2.45, 2.75) is 90.3 Å². The maximum atomic E-state index is 13.6. The molecule has 37 heavy (non-hydrogen) atoms. The summed E-state index contributed by atoms with van der Waals surface area (Å²) in [5.41, 5.74) is 1.87. The van der Waals surface area contributed by atoms with Gasteiger partial charge in [0.2, 0.25) is 5.91 Å². The second-order valence-electron chi connectivity index (χ2n) is 10.7. The van der Waals surface area contributed by atoms with Gasteiger partial charge in [0.1, 0.15) is 11.8 Å². The third-order valence-corrected chi connectivity index (χ3v) is 8.05. The van der Waals surface area contributed by atoms with Crippen molar-refractivity contribution in [1.29, 1.82) is 0 Å². The summed E-state index contributed by atoms with van der Waals surface area (Å²) in [6.07, 6.45) is 5.84. The molecule has 0 aromatic heterocycles. The number of amides is 2. The highest BCUT2D eigenvalue weighted by atomic mass is 79.9. The monoisotopic (exact) mass is 610 g/mol. The Labute approximate surface area is 239 Å². The summed E-state index contributed by atoms with van der Waals surface area (Å²) in [5, 5.41) is 4.15. The van der Waals surface area contributed by atoms with Crippen molar-refractivity contribution in [2.75, 3.05) is 6.61 Å². The van der Waals surface area contributed by atoms with Crippen LogP contribution >= 0.6 is 39.1 Å². The summed E-state index contributed by atoms with van der Waals surface area (Å²) in [4.78, 5) is 28.5. The van der Waals surface area contributed by atoms with Gasteiger partial charge in [-0.05, 0) is 76.0 Å². The minimum Gasteiger partial charge on any atom is -0.483 e. The summed E-state index contributed by atoms with van der Waals surface area (Å²) in [6.45, 7) is 8.31. The lowest BCUT2D eigenvalue weighted by atomic mass is 9.87. The molecule has 0 bridgehead atoms. The first kappa shape index (κ1) is 29.8. The summed E-state index contributed by atoms with van der Waals surface area (Å²) < 4.78 is 6.71. The van der Waals surface area contributed by atoms with Crippen molar-refractivity contribution in [3.63, 3.8) is 0 Å². The van der Waals surface area contributed by atoms with E-state index in [0.29, 0.717) is 22.2 Å². The van der Waals surface area contributed by atoms with Gasteiger partial charge in [0.25, 0.3) is 5.91 Å². The number of rotatable bonds is 9. The molecule has 8 heteroatoms. The molecule has 0 saturated heterocycles. The molecule has 1 fully saturated rings. The molecule has 0 radical (unpaired) electrons. The lowest BCUT2D eigenvalue weighted by Crippen LogP contribution is -2.52. The van der Waals surface area contributed by atoms with E-state index in [1.54, 1.807) is 23.1 Å². The summed E-state index contributed by atoms with van der Waals surface area (Å²) in [7, 11) is 0. The molecule has 1 atom stereocenters. The van der Waals surface area contributed by atoms with Crippen LogP contribution in [0.5, 0.6) is 5.75 Å². The number of hydrogen-bond donors (Lipinski definition) is 1. The van der Waals surface area contributed by atoms with Crippen LogP contribution < -0.4 is 10.1 Å². The van der Waals surface area contributed by atoms with Gasteiger partial charge in [0, 0.05) is 22.6 Å². The molecule has 1 N–H and O–H groups in total. The standard InChI is InChI=1S/C29H37BrCl2N2O3/c1-5-25(28(36)33-22-9-7-6-8-10-22)34(17-19-11-13-21(31)16-24(19)32)27(35)18-37-26-14-12-20(15-23(26)30)29(2,3)4/h11-16,22,25H,5-10,17-18H2,1-4H3,(H,33,36)/t25-/m1/s1. The Balaban J connectivity index is 1.80. The Hall–Kier alpha value is -1.76. The van der Waals surface area contributed by atoms with Crippen LogP contribution in [0.4, 0.5) is 0 Å². The van der Waals surface area contributed by atoms with Crippen molar-refractivity contribution in [1.82, 2.24) is 10.2 Å². The normalized spacial score (nSPS) is 15.2. The van der Waals surface area contributed by atoms with E-state index >= 15 is 0 Å². The Kier molecular flexibility index (Phi) is 10.7. The van der Waals surface area contributed by atoms with Gasteiger partial charge in [-0.3, -0.25) is 9.59 Å². The maximum absolute atomic E-state index is 13.6. The maximum Gasteiger partial charge on any atom is 0.261 e. The van der Waals surface area contributed by atoms with E-state index in [1.807, 2.05) is 25.1 Å². The molecule has 202 valence electrons. The summed E-state index contributed by atoms with van der Waals surface area (Å²) in [6, 6.07) is 10.6. The Morgan fingerprint density at radius 2 is 1.81 bits per heavy atom. The zero-order valence-electron chi connectivity index (χ0n) is 22.1. The molecule has 1 aliphatic carbocycles. The number of benzene rings is 2.